The number of ether oxygens (including phenoxy) is 1. The lowest BCUT2D eigenvalue weighted by Gasteiger charge is -2.14. The highest BCUT2D eigenvalue weighted by molar-refractivity contribution is 6.32. The van der Waals surface area contributed by atoms with Crippen LogP contribution in [-0.2, 0) is 6.54 Å². The Hall–Kier alpha value is -1.58. The molecule has 2 rings (SSSR count). The second-order valence-corrected chi connectivity index (χ2v) is 5.19. The normalized spacial score (nSPS) is 10.8. The molecule has 0 radical (unpaired) electrons. The van der Waals surface area contributed by atoms with E-state index in [1.165, 1.54) is 6.07 Å². The molecule has 20 heavy (non-hydrogen) atoms. The number of rotatable bonds is 5. The van der Waals surface area contributed by atoms with Crippen LogP contribution in [0.4, 0.5) is 4.39 Å². The second-order valence-electron chi connectivity index (χ2n) is 4.78. The van der Waals surface area contributed by atoms with Crippen LogP contribution in [0.2, 0.25) is 5.02 Å². The van der Waals surface area contributed by atoms with Crippen molar-refractivity contribution in [2.45, 2.75) is 26.4 Å². The average molecular weight is 294 g/mol. The molecular formula is C16H17ClFNO. The molecule has 0 aromatic heterocycles. The molecule has 0 saturated heterocycles. The van der Waals surface area contributed by atoms with Crippen molar-refractivity contribution in [3.63, 3.8) is 0 Å². The molecular weight excluding hydrogens is 277 g/mol. The Labute approximate surface area is 123 Å². The van der Waals surface area contributed by atoms with Gasteiger partial charge in [0.25, 0.3) is 0 Å². The molecule has 2 aromatic rings. The van der Waals surface area contributed by atoms with Crippen molar-refractivity contribution in [1.29, 1.82) is 0 Å². The zero-order valence-corrected chi connectivity index (χ0v) is 12.2. The van der Waals surface area contributed by atoms with Crippen LogP contribution in [0.15, 0.2) is 42.5 Å². The van der Waals surface area contributed by atoms with E-state index in [0.29, 0.717) is 28.6 Å². The Morgan fingerprint density at radius 2 is 1.80 bits per heavy atom. The van der Waals surface area contributed by atoms with Crippen molar-refractivity contribution in [2.24, 2.45) is 0 Å². The van der Waals surface area contributed by atoms with Crippen LogP contribution in [0.3, 0.4) is 0 Å². The topological polar surface area (TPSA) is 21.3 Å². The minimum atomic E-state index is -0.289. The number of nitrogens with one attached hydrogen (secondary N) is 1. The molecule has 0 amide bonds. The Bertz CT molecular complexity index is 586. The largest absolute Gasteiger partial charge is 0.455 e. The van der Waals surface area contributed by atoms with Crippen LogP contribution in [0.1, 0.15) is 19.4 Å². The maximum atomic E-state index is 14.0. The van der Waals surface area contributed by atoms with E-state index in [4.69, 9.17) is 16.3 Å². The number of benzene rings is 2. The standard InChI is InChI=1S/C16H17ClFNO/c1-11(2)19-10-12-14(18)7-5-9-15(12)20-16-8-4-3-6-13(16)17/h3-9,11,19H,10H2,1-2H3. The Kier molecular flexibility index (Phi) is 4.99. The smallest absolute Gasteiger partial charge is 0.146 e. The Morgan fingerprint density at radius 3 is 2.50 bits per heavy atom. The first kappa shape index (κ1) is 14.8. The van der Waals surface area contributed by atoms with E-state index in [-0.39, 0.29) is 11.9 Å². The van der Waals surface area contributed by atoms with Crippen molar-refractivity contribution >= 4 is 11.6 Å². The number of halogens is 2. The quantitative estimate of drug-likeness (QED) is 0.857. The fourth-order valence-corrected chi connectivity index (χ4v) is 1.93. The first-order chi connectivity index (χ1) is 9.58. The van der Waals surface area contributed by atoms with E-state index >= 15 is 0 Å². The lowest BCUT2D eigenvalue weighted by atomic mass is 10.1. The first-order valence-electron chi connectivity index (χ1n) is 6.51. The van der Waals surface area contributed by atoms with Crippen LogP contribution in [0.25, 0.3) is 0 Å². The first-order valence-corrected chi connectivity index (χ1v) is 6.89. The van der Waals surface area contributed by atoms with Crippen LogP contribution < -0.4 is 10.1 Å². The summed E-state index contributed by atoms with van der Waals surface area (Å²) in [5.74, 6) is 0.708. The van der Waals surface area contributed by atoms with Gasteiger partial charge in [-0.15, -0.1) is 0 Å². The summed E-state index contributed by atoms with van der Waals surface area (Å²) in [7, 11) is 0. The predicted molar refractivity (Wildman–Crippen MR) is 79.9 cm³/mol. The van der Waals surface area contributed by atoms with Crippen LogP contribution in [0.5, 0.6) is 11.5 Å². The Morgan fingerprint density at radius 1 is 1.10 bits per heavy atom. The van der Waals surface area contributed by atoms with Gasteiger partial charge in [0.2, 0.25) is 0 Å². The maximum absolute atomic E-state index is 14.0. The molecule has 2 nitrogen and oxygen atoms in total. The molecule has 0 atom stereocenters. The molecule has 2 aromatic carbocycles. The van der Waals surface area contributed by atoms with E-state index < -0.39 is 0 Å². The molecule has 4 heteroatoms. The van der Waals surface area contributed by atoms with Gasteiger partial charge in [0, 0.05) is 18.2 Å². The maximum Gasteiger partial charge on any atom is 0.146 e. The third kappa shape index (κ3) is 3.71. The highest BCUT2D eigenvalue weighted by Crippen LogP contribution is 2.31. The summed E-state index contributed by atoms with van der Waals surface area (Å²) < 4.78 is 19.7. The van der Waals surface area contributed by atoms with Crippen LogP contribution >= 0.6 is 11.6 Å². The summed E-state index contributed by atoms with van der Waals surface area (Å²) in [5.41, 5.74) is 0.501. The van der Waals surface area contributed by atoms with Crippen LogP contribution in [-0.4, -0.2) is 6.04 Å². The third-order valence-electron chi connectivity index (χ3n) is 2.82. The Balaban J connectivity index is 2.27. The van der Waals surface area contributed by atoms with Gasteiger partial charge in [-0.1, -0.05) is 43.6 Å². The summed E-state index contributed by atoms with van der Waals surface area (Å²) in [6, 6.07) is 12.2. The summed E-state index contributed by atoms with van der Waals surface area (Å²) in [6.07, 6.45) is 0. The molecule has 1 N–H and O–H groups in total. The zero-order chi connectivity index (χ0) is 14.5. The highest BCUT2D eigenvalue weighted by Gasteiger charge is 2.12. The molecule has 0 heterocycles. The van der Waals surface area contributed by atoms with Crippen molar-refractivity contribution in [3.05, 3.63) is 58.9 Å². The molecule has 0 unspecified atom stereocenters. The highest BCUT2D eigenvalue weighted by atomic mass is 35.5. The van der Waals surface area contributed by atoms with Gasteiger partial charge in [0.15, 0.2) is 0 Å². The van der Waals surface area contributed by atoms with Gasteiger partial charge in [0.1, 0.15) is 17.3 Å². The van der Waals surface area contributed by atoms with Crippen molar-refractivity contribution < 1.29 is 9.13 Å². The lowest BCUT2D eigenvalue weighted by molar-refractivity contribution is 0.458. The van der Waals surface area contributed by atoms with Crippen molar-refractivity contribution in [2.75, 3.05) is 0 Å². The fourth-order valence-electron chi connectivity index (χ4n) is 1.76. The van der Waals surface area contributed by atoms with Gasteiger partial charge >= 0.3 is 0 Å². The van der Waals surface area contributed by atoms with Crippen molar-refractivity contribution in [1.82, 2.24) is 5.32 Å². The van der Waals surface area contributed by atoms with Gasteiger partial charge in [-0.3, -0.25) is 0 Å². The molecule has 0 saturated carbocycles. The summed E-state index contributed by atoms with van der Waals surface area (Å²) in [5, 5.41) is 3.69. The van der Waals surface area contributed by atoms with E-state index in [0.717, 1.165) is 0 Å². The second kappa shape index (κ2) is 6.73. The minimum absolute atomic E-state index is 0.266. The number of hydrogen-bond donors (Lipinski definition) is 1. The van der Waals surface area contributed by atoms with Gasteiger partial charge < -0.3 is 10.1 Å². The van der Waals surface area contributed by atoms with E-state index in [2.05, 4.69) is 5.32 Å². The predicted octanol–water partition coefficient (Wildman–Crippen LogP) is 4.77. The SMILES string of the molecule is CC(C)NCc1c(F)cccc1Oc1ccccc1Cl. The number of hydrogen-bond acceptors (Lipinski definition) is 2. The fraction of sp³-hybridized carbons (Fsp3) is 0.250. The third-order valence-corrected chi connectivity index (χ3v) is 3.13. The molecule has 0 aliphatic rings. The molecule has 0 aliphatic carbocycles. The van der Waals surface area contributed by atoms with Gasteiger partial charge in [-0.2, -0.15) is 0 Å². The van der Waals surface area contributed by atoms with Gasteiger partial charge in [0.05, 0.1) is 5.02 Å². The van der Waals surface area contributed by atoms with Gasteiger partial charge in [-0.25, -0.2) is 4.39 Å². The van der Waals surface area contributed by atoms with Crippen molar-refractivity contribution in [3.8, 4) is 11.5 Å². The minimum Gasteiger partial charge on any atom is -0.455 e. The van der Waals surface area contributed by atoms with Gasteiger partial charge in [-0.05, 0) is 24.3 Å². The summed E-state index contributed by atoms with van der Waals surface area (Å²) >= 11 is 6.06. The van der Waals surface area contributed by atoms with E-state index in [1.807, 2.05) is 26.0 Å². The molecule has 0 aliphatic heterocycles. The average Bonchev–Trinajstić information content (AvgIpc) is 2.40. The monoisotopic (exact) mass is 293 g/mol. The zero-order valence-electron chi connectivity index (χ0n) is 11.5. The number of para-hydroxylation sites is 1. The summed E-state index contributed by atoms with van der Waals surface area (Å²) in [4.78, 5) is 0. The lowest BCUT2D eigenvalue weighted by Crippen LogP contribution is -2.22. The van der Waals surface area contributed by atoms with E-state index in [9.17, 15) is 4.39 Å². The molecule has 0 fully saturated rings. The van der Waals surface area contributed by atoms with Crippen LogP contribution in [0, 0.1) is 5.82 Å². The van der Waals surface area contributed by atoms with E-state index in [1.54, 1.807) is 24.3 Å². The molecule has 106 valence electrons. The molecule has 0 bridgehead atoms. The summed E-state index contributed by atoms with van der Waals surface area (Å²) in [6.45, 7) is 4.43. The molecule has 0 spiro atoms.